The fraction of sp³-hybridized carbons (Fsp3) is 0.167. The molecule has 0 bridgehead atoms. The van der Waals surface area contributed by atoms with Gasteiger partial charge in [-0.05, 0) is 18.2 Å². The first kappa shape index (κ1) is 15.1. The summed E-state index contributed by atoms with van der Waals surface area (Å²) in [7, 11) is -3.86. The van der Waals surface area contributed by atoms with Crippen LogP contribution in [0.5, 0.6) is 0 Å². The van der Waals surface area contributed by atoms with Crippen molar-refractivity contribution in [3.05, 3.63) is 41.7 Å². The molecule has 0 aliphatic rings. The molecule has 0 radical (unpaired) electrons. The standard InChI is InChI=1S/C12H12FN5O2S/c13-10-3-4-11(9(6-10)2-1-5-14)21(19,20)17-7-12-15-8-16-18-12/h3-4,6,8,17H,5,7,14H2,(H,15,16,18). The zero-order valence-electron chi connectivity index (χ0n) is 10.8. The summed E-state index contributed by atoms with van der Waals surface area (Å²) in [6, 6.07) is 3.25. The number of rotatable bonds is 4. The smallest absolute Gasteiger partial charge is 0.242 e. The summed E-state index contributed by atoms with van der Waals surface area (Å²) in [4.78, 5) is 3.68. The van der Waals surface area contributed by atoms with Gasteiger partial charge in [0.05, 0.1) is 18.0 Å². The normalized spacial score (nSPS) is 11.0. The molecule has 2 rings (SSSR count). The van der Waals surface area contributed by atoms with Crippen LogP contribution < -0.4 is 10.5 Å². The number of hydrogen-bond donors (Lipinski definition) is 3. The number of aromatic nitrogens is 3. The van der Waals surface area contributed by atoms with Gasteiger partial charge in [0.15, 0.2) is 0 Å². The third-order valence-electron chi connectivity index (χ3n) is 2.45. The molecule has 0 aliphatic heterocycles. The van der Waals surface area contributed by atoms with E-state index < -0.39 is 15.8 Å². The van der Waals surface area contributed by atoms with Crippen molar-refractivity contribution in [2.24, 2.45) is 5.73 Å². The number of hydrogen-bond acceptors (Lipinski definition) is 5. The summed E-state index contributed by atoms with van der Waals surface area (Å²) in [5.41, 5.74) is 5.29. The molecule has 0 amide bonds. The van der Waals surface area contributed by atoms with Crippen molar-refractivity contribution < 1.29 is 12.8 Å². The van der Waals surface area contributed by atoms with Gasteiger partial charge in [-0.25, -0.2) is 22.5 Å². The molecule has 0 unspecified atom stereocenters. The number of nitrogens with two attached hydrogens (primary N) is 1. The van der Waals surface area contributed by atoms with Crippen LogP contribution in [0.3, 0.4) is 0 Å². The molecule has 0 fully saturated rings. The predicted molar refractivity (Wildman–Crippen MR) is 72.7 cm³/mol. The predicted octanol–water partition coefficient (Wildman–Crippen LogP) is -0.268. The number of benzene rings is 1. The molecular weight excluding hydrogens is 297 g/mol. The van der Waals surface area contributed by atoms with Crippen molar-refractivity contribution in [1.82, 2.24) is 19.9 Å². The van der Waals surface area contributed by atoms with Gasteiger partial charge >= 0.3 is 0 Å². The van der Waals surface area contributed by atoms with Crippen LogP contribution in [0.15, 0.2) is 29.4 Å². The monoisotopic (exact) mass is 309 g/mol. The van der Waals surface area contributed by atoms with E-state index in [4.69, 9.17) is 5.73 Å². The largest absolute Gasteiger partial charge is 0.320 e. The van der Waals surface area contributed by atoms with Gasteiger partial charge in [-0.15, -0.1) is 0 Å². The summed E-state index contributed by atoms with van der Waals surface area (Å²) in [5.74, 6) is 4.83. The average Bonchev–Trinajstić information content (AvgIpc) is 2.96. The Kier molecular flexibility index (Phi) is 4.64. The maximum Gasteiger partial charge on any atom is 0.242 e. The minimum absolute atomic E-state index is 0.0431. The number of nitrogens with zero attached hydrogens (tertiary/aromatic N) is 2. The van der Waals surface area contributed by atoms with Crippen LogP contribution in [0.4, 0.5) is 4.39 Å². The van der Waals surface area contributed by atoms with Gasteiger partial charge in [0.25, 0.3) is 0 Å². The lowest BCUT2D eigenvalue weighted by Crippen LogP contribution is -2.24. The summed E-state index contributed by atoms with van der Waals surface area (Å²) in [6.07, 6.45) is 1.26. The highest BCUT2D eigenvalue weighted by Crippen LogP contribution is 2.16. The molecule has 0 atom stereocenters. The first-order chi connectivity index (χ1) is 10.0. The molecule has 0 saturated heterocycles. The SMILES string of the molecule is NCC#Cc1cc(F)ccc1S(=O)(=O)NCc1ncn[nH]1. The average molecular weight is 309 g/mol. The van der Waals surface area contributed by atoms with Gasteiger partial charge < -0.3 is 5.73 Å². The van der Waals surface area contributed by atoms with Crippen molar-refractivity contribution in [2.45, 2.75) is 11.4 Å². The Morgan fingerprint density at radius 3 is 2.90 bits per heavy atom. The molecule has 1 aromatic carbocycles. The van der Waals surface area contributed by atoms with E-state index in [2.05, 4.69) is 31.7 Å². The Hall–Kier alpha value is -2.28. The maximum absolute atomic E-state index is 13.2. The quantitative estimate of drug-likeness (QED) is 0.673. The zero-order chi connectivity index (χ0) is 15.3. The number of aromatic amines is 1. The van der Waals surface area contributed by atoms with E-state index in [0.717, 1.165) is 18.2 Å². The van der Waals surface area contributed by atoms with Crippen LogP contribution in [0.25, 0.3) is 0 Å². The van der Waals surface area contributed by atoms with Gasteiger partial charge in [-0.3, -0.25) is 5.10 Å². The van der Waals surface area contributed by atoms with Crippen LogP contribution >= 0.6 is 0 Å². The fourth-order valence-electron chi connectivity index (χ4n) is 1.54. The Balaban J connectivity index is 2.30. The molecule has 1 heterocycles. The molecule has 4 N–H and O–H groups in total. The highest BCUT2D eigenvalue weighted by atomic mass is 32.2. The van der Waals surface area contributed by atoms with E-state index >= 15 is 0 Å². The Bertz CT molecular complexity index is 778. The second kappa shape index (κ2) is 6.45. The van der Waals surface area contributed by atoms with Crippen LogP contribution in [-0.2, 0) is 16.6 Å². The van der Waals surface area contributed by atoms with Gasteiger partial charge in [0.1, 0.15) is 18.0 Å². The first-order valence-corrected chi connectivity index (χ1v) is 7.33. The molecule has 1 aromatic heterocycles. The van der Waals surface area contributed by atoms with Crippen LogP contribution in [0.1, 0.15) is 11.4 Å². The van der Waals surface area contributed by atoms with Crippen molar-refractivity contribution >= 4 is 10.0 Å². The summed E-state index contributed by atoms with van der Waals surface area (Å²) in [6.45, 7) is -0.0229. The molecule has 21 heavy (non-hydrogen) atoms. The van der Waals surface area contributed by atoms with E-state index in [1.54, 1.807) is 0 Å². The molecule has 0 spiro atoms. The second-order valence-corrected chi connectivity index (χ2v) is 5.64. The van der Waals surface area contributed by atoms with Gasteiger partial charge in [0.2, 0.25) is 10.0 Å². The highest BCUT2D eigenvalue weighted by molar-refractivity contribution is 7.89. The van der Waals surface area contributed by atoms with Gasteiger partial charge in [-0.2, -0.15) is 5.10 Å². The van der Waals surface area contributed by atoms with Crippen molar-refractivity contribution in [2.75, 3.05) is 6.54 Å². The van der Waals surface area contributed by atoms with Crippen molar-refractivity contribution in [3.63, 3.8) is 0 Å². The Morgan fingerprint density at radius 2 is 2.24 bits per heavy atom. The Morgan fingerprint density at radius 1 is 1.43 bits per heavy atom. The molecule has 0 aliphatic carbocycles. The maximum atomic E-state index is 13.2. The molecule has 0 saturated carbocycles. The van der Waals surface area contributed by atoms with Gasteiger partial charge in [0, 0.05) is 5.56 Å². The third kappa shape index (κ3) is 3.85. The van der Waals surface area contributed by atoms with Crippen molar-refractivity contribution in [1.29, 1.82) is 0 Å². The minimum atomic E-state index is -3.86. The molecular formula is C12H12FN5O2S. The van der Waals surface area contributed by atoms with E-state index in [1.807, 2.05) is 0 Å². The highest BCUT2D eigenvalue weighted by Gasteiger charge is 2.18. The van der Waals surface area contributed by atoms with Crippen LogP contribution in [0.2, 0.25) is 0 Å². The molecule has 110 valence electrons. The van der Waals surface area contributed by atoms with E-state index in [9.17, 15) is 12.8 Å². The van der Waals surface area contributed by atoms with E-state index in [1.165, 1.54) is 6.33 Å². The fourth-order valence-corrected chi connectivity index (χ4v) is 2.67. The Labute approximate surface area is 120 Å². The summed E-state index contributed by atoms with van der Waals surface area (Å²) < 4.78 is 40.0. The second-order valence-electron chi connectivity index (χ2n) is 3.90. The topological polar surface area (TPSA) is 114 Å². The zero-order valence-corrected chi connectivity index (χ0v) is 11.6. The summed E-state index contributed by atoms with van der Waals surface area (Å²) >= 11 is 0. The van der Waals surface area contributed by atoms with Crippen LogP contribution in [-0.4, -0.2) is 30.1 Å². The van der Waals surface area contributed by atoms with E-state index in [0.29, 0.717) is 5.82 Å². The lowest BCUT2D eigenvalue weighted by Gasteiger charge is -2.07. The van der Waals surface area contributed by atoms with Crippen molar-refractivity contribution in [3.8, 4) is 11.8 Å². The minimum Gasteiger partial charge on any atom is -0.320 e. The van der Waals surface area contributed by atoms with Crippen LogP contribution in [0, 0.1) is 17.7 Å². The number of sulfonamides is 1. The molecule has 9 heteroatoms. The van der Waals surface area contributed by atoms with Gasteiger partial charge in [-0.1, -0.05) is 11.8 Å². The number of nitrogens with one attached hydrogen (secondary N) is 2. The van der Waals surface area contributed by atoms with E-state index in [-0.39, 0.29) is 23.5 Å². The summed E-state index contributed by atoms with van der Waals surface area (Å²) in [5, 5.41) is 6.14. The number of halogens is 1. The molecule has 7 nitrogen and oxygen atoms in total. The first-order valence-electron chi connectivity index (χ1n) is 5.85. The number of H-pyrrole nitrogens is 1. The molecule has 2 aromatic rings. The third-order valence-corrected chi connectivity index (χ3v) is 3.91. The lowest BCUT2D eigenvalue weighted by atomic mass is 10.2. The lowest BCUT2D eigenvalue weighted by molar-refractivity contribution is 0.578.